The first kappa shape index (κ1) is 22.9. The Morgan fingerprint density at radius 1 is 1.16 bits per heavy atom. The molecule has 32 heavy (non-hydrogen) atoms. The number of methoxy groups -OCH3 is 1. The number of ether oxygens (including phenoxy) is 2. The maximum Gasteiger partial charge on any atom is 0.352 e. The Labute approximate surface area is 187 Å². The molecule has 0 radical (unpaired) electrons. The highest BCUT2D eigenvalue weighted by Crippen LogP contribution is 2.32. The largest absolute Gasteiger partial charge is 0.493 e. The number of carboxylic acid groups (broad SMARTS) is 1. The summed E-state index contributed by atoms with van der Waals surface area (Å²) in [5.74, 6) is 0.500. The third kappa shape index (κ3) is 6.35. The molecule has 7 heteroatoms. The second kappa shape index (κ2) is 11.0. The molecule has 3 rings (SSSR count). The van der Waals surface area contributed by atoms with Crippen LogP contribution in [0.1, 0.15) is 49.7 Å². The number of carboxylic acids is 1. The van der Waals surface area contributed by atoms with Gasteiger partial charge < -0.3 is 19.9 Å². The second-order valence-corrected chi connectivity index (χ2v) is 7.75. The second-order valence-electron chi connectivity index (χ2n) is 7.75. The van der Waals surface area contributed by atoms with E-state index in [9.17, 15) is 14.7 Å². The predicted octanol–water partition coefficient (Wildman–Crippen LogP) is 4.87. The number of carbonyl (C=O) groups excluding carboxylic acids is 1. The van der Waals surface area contributed by atoms with Gasteiger partial charge in [0.2, 0.25) is 5.91 Å². The molecule has 1 amide bonds. The van der Waals surface area contributed by atoms with Crippen molar-refractivity contribution < 1.29 is 24.2 Å². The van der Waals surface area contributed by atoms with Gasteiger partial charge in [-0.1, -0.05) is 37.8 Å². The van der Waals surface area contributed by atoms with Gasteiger partial charge in [-0.2, -0.15) is 5.26 Å². The number of hydrogen-bond acceptors (Lipinski definition) is 5. The number of hydrogen-bond donors (Lipinski definition) is 2. The van der Waals surface area contributed by atoms with Gasteiger partial charge in [0, 0.05) is 12.5 Å². The fourth-order valence-electron chi connectivity index (χ4n) is 3.75. The standard InChI is InChI=1S/C25H26N2O5/c1-31-23-15-19(16-26)8-12-22(23)32-20-10-6-18(7-11-20)14-21(25(29)30)27-24(28)13-9-17-4-2-3-5-17/h6-8,10-12,14-15,17H,2-5,9,13H2,1H3,(H,27,28)(H,29,30). The van der Waals surface area contributed by atoms with Crippen molar-refractivity contribution >= 4 is 18.0 Å². The van der Waals surface area contributed by atoms with Crippen LogP contribution in [0.5, 0.6) is 17.2 Å². The topological polar surface area (TPSA) is 109 Å². The maximum atomic E-state index is 12.2. The zero-order valence-corrected chi connectivity index (χ0v) is 18.0. The molecule has 7 nitrogen and oxygen atoms in total. The number of nitrogens with zero attached hydrogens (tertiary/aromatic N) is 1. The van der Waals surface area contributed by atoms with E-state index in [4.69, 9.17) is 14.7 Å². The van der Waals surface area contributed by atoms with Gasteiger partial charge in [0.15, 0.2) is 11.5 Å². The van der Waals surface area contributed by atoms with Crippen LogP contribution in [-0.2, 0) is 9.59 Å². The summed E-state index contributed by atoms with van der Waals surface area (Å²) in [6.45, 7) is 0. The van der Waals surface area contributed by atoms with Crippen molar-refractivity contribution in [2.45, 2.75) is 38.5 Å². The molecule has 1 aliphatic carbocycles. The molecule has 0 unspecified atom stereocenters. The van der Waals surface area contributed by atoms with Crippen LogP contribution < -0.4 is 14.8 Å². The molecule has 2 aromatic carbocycles. The Morgan fingerprint density at radius 3 is 2.50 bits per heavy atom. The van der Waals surface area contributed by atoms with Crippen LogP contribution in [-0.4, -0.2) is 24.1 Å². The van der Waals surface area contributed by atoms with Crippen LogP contribution in [0.4, 0.5) is 0 Å². The summed E-state index contributed by atoms with van der Waals surface area (Å²) in [5, 5.41) is 21.0. The van der Waals surface area contributed by atoms with Crippen LogP contribution in [0.15, 0.2) is 48.2 Å². The number of benzene rings is 2. The van der Waals surface area contributed by atoms with Gasteiger partial charge >= 0.3 is 5.97 Å². The van der Waals surface area contributed by atoms with Gasteiger partial charge in [0.05, 0.1) is 18.7 Å². The SMILES string of the molecule is COc1cc(C#N)ccc1Oc1ccc(C=C(NC(=O)CCC2CCCC2)C(=O)O)cc1. The smallest absolute Gasteiger partial charge is 0.352 e. The van der Waals surface area contributed by atoms with Gasteiger partial charge in [0.25, 0.3) is 0 Å². The molecule has 0 atom stereocenters. The molecule has 0 spiro atoms. The lowest BCUT2D eigenvalue weighted by molar-refractivity contribution is -0.134. The first-order valence-electron chi connectivity index (χ1n) is 10.6. The summed E-state index contributed by atoms with van der Waals surface area (Å²) in [5.41, 5.74) is 0.905. The predicted molar refractivity (Wildman–Crippen MR) is 119 cm³/mol. The fourth-order valence-corrected chi connectivity index (χ4v) is 3.75. The molecular weight excluding hydrogens is 408 g/mol. The molecule has 2 aromatic rings. The summed E-state index contributed by atoms with van der Waals surface area (Å²) >= 11 is 0. The van der Waals surface area contributed by atoms with E-state index in [0.29, 0.717) is 40.7 Å². The van der Waals surface area contributed by atoms with Crippen molar-refractivity contribution in [3.8, 4) is 23.3 Å². The Hall–Kier alpha value is -3.79. The molecule has 1 fully saturated rings. The molecule has 166 valence electrons. The maximum absolute atomic E-state index is 12.2. The van der Waals surface area contributed by atoms with Gasteiger partial charge in [-0.05, 0) is 48.2 Å². The molecule has 0 aliphatic heterocycles. The van der Waals surface area contributed by atoms with Gasteiger partial charge in [-0.3, -0.25) is 4.79 Å². The Balaban J connectivity index is 1.64. The summed E-state index contributed by atoms with van der Waals surface area (Å²) in [4.78, 5) is 23.8. The number of aliphatic carboxylic acids is 1. The Morgan fingerprint density at radius 2 is 1.88 bits per heavy atom. The van der Waals surface area contributed by atoms with Gasteiger partial charge in [0.1, 0.15) is 11.4 Å². The molecular formula is C25H26N2O5. The van der Waals surface area contributed by atoms with E-state index in [0.717, 1.165) is 19.3 Å². The van der Waals surface area contributed by atoms with Crippen LogP contribution in [0, 0.1) is 17.2 Å². The van der Waals surface area contributed by atoms with Gasteiger partial charge in [-0.15, -0.1) is 0 Å². The van der Waals surface area contributed by atoms with E-state index in [-0.39, 0.29) is 11.6 Å². The summed E-state index contributed by atoms with van der Waals surface area (Å²) in [6.07, 6.45) is 7.27. The minimum atomic E-state index is -1.19. The average Bonchev–Trinajstić information content (AvgIpc) is 3.32. The minimum absolute atomic E-state index is 0.163. The normalized spacial score (nSPS) is 13.9. The highest BCUT2D eigenvalue weighted by atomic mass is 16.5. The number of rotatable bonds is 9. The lowest BCUT2D eigenvalue weighted by Gasteiger charge is -2.11. The molecule has 0 bridgehead atoms. The van der Waals surface area contributed by atoms with Crippen molar-refractivity contribution in [2.24, 2.45) is 5.92 Å². The van der Waals surface area contributed by atoms with E-state index in [1.54, 1.807) is 42.5 Å². The fraction of sp³-hybridized carbons (Fsp3) is 0.320. The van der Waals surface area contributed by atoms with E-state index in [1.807, 2.05) is 6.07 Å². The molecule has 1 saturated carbocycles. The highest BCUT2D eigenvalue weighted by molar-refractivity contribution is 5.96. The van der Waals surface area contributed by atoms with Gasteiger partial charge in [-0.25, -0.2) is 4.79 Å². The first-order chi connectivity index (χ1) is 15.5. The molecule has 0 heterocycles. The van der Waals surface area contributed by atoms with Crippen molar-refractivity contribution in [2.75, 3.05) is 7.11 Å². The van der Waals surface area contributed by atoms with Crippen LogP contribution >= 0.6 is 0 Å². The average molecular weight is 434 g/mol. The van der Waals surface area contributed by atoms with E-state index in [1.165, 1.54) is 26.0 Å². The number of amides is 1. The number of nitriles is 1. The lowest BCUT2D eigenvalue weighted by Crippen LogP contribution is -2.27. The summed E-state index contributed by atoms with van der Waals surface area (Å²) < 4.78 is 11.1. The Kier molecular flexibility index (Phi) is 7.87. The zero-order valence-electron chi connectivity index (χ0n) is 18.0. The van der Waals surface area contributed by atoms with Crippen LogP contribution in [0.3, 0.4) is 0 Å². The molecule has 1 aliphatic rings. The van der Waals surface area contributed by atoms with Crippen molar-refractivity contribution in [3.05, 3.63) is 59.3 Å². The first-order valence-corrected chi connectivity index (χ1v) is 10.6. The van der Waals surface area contributed by atoms with Crippen LogP contribution in [0.2, 0.25) is 0 Å². The third-order valence-electron chi connectivity index (χ3n) is 5.47. The lowest BCUT2D eigenvalue weighted by atomic mass is 10.0. The van der Waals surface area contributed by atoms with Crippen molar-refractivity contribution in [3.63, 3.8) is 0 Å². The van der Waals surface area contributed by atoms with E-state index >= 15 is 0 Å². The minimum Gasteiger partial charge on any atom is -0.493 e. The number of nitrogens with one attached hydrogen (secondary N) is 1. The van der Waals surface area contributed by atoms with Crippen molar-refractivity contribution in [1.29, 1.82) is 5.26 Å². The zero-order chi connectivity index (χ0) is 22.9. The Bertz CT molecular complexity index is 1030. The highest BCUT2D eigenvalue weighted by Gasteiger charge is 2.18. The molecule has 2 N–H and O–H groups in total. The van der Waals surface area contributed by atoms with Crippen LogP contribution in [0.25, 0.3) is 6.08 Å². The molecule has 0 saturated heterocycles. The quantitative estimate of drug-likeness (QED) is 0.545. The summed E-state index contributed by atoms with van der Waals surface area (Å²) in [6, 6.07) is 13.7. The third-order valence-corrected chi connectivity index (χ3v) is 5.47. The molecule has 0 aromatic heterocycles. The van der Waals surface area contributed by atoms with Crippen molar-refractivity contribution in [1.82, 2.24) is 5.32 Å². The van der Waals surface area contributed by atoms with E-state index in [2.05, 4.69) is 5.32 Å². The summed E-state index contributed by atoms with van der Waals surface area (Å²) in [7, 11) is 1.49. The van der Waals surface area contributed by atoms with E-state index < -0.39 is 5.97 Å². The number of carbonyl (C=O) groups is 2. The monoisotopic (exact) mass is 434 g/mol.